The Bertz CT molecular complexity index is 755. The van der Waals surface area contributed by atoms with Gasteiger partial charge in [-0.2, -0.15) is 0 Å². The number of carboxylic acid groups (broad SMARTS) is 1. The van der Waals surface area contributed by atoms with E-state index in [1.54, 1.807) is 0 Å². The number of carbonyl (C=O) groups excluding carboxylic acids is 2. The van der Waals surface area contributed by atoms with Crippen LogP contribution in [0.4, 0.5) is 0 Å². The molecule has 2 heterocycles. The number of aromatic hydroxyl groups is 1. The third-order valence-electron chi connectivity index (χ3n) is 3.59. The fourth-order valence-electron chi connectivity index (χ4n) is 2.40. The van der Waals surface area contributed by atoms with Gasteiger partial charge in [-0.1, -0.05) is 0 Å². The molecule has 10 nitrogen and oxygen atoms in total. The summed E-state index contributed by atoms with van der Waals surface area (Å²) in [5.41, 5.74) is -2.35. The van der Waals surface area contributed by atoms with Crippen molar-refractivity contribution in [1.82, 2.24) is 9.58 Å². The fraction of sp³-hybridized carbons (Fsp3) is 0.429. The van der Waals surface area contributed by atoms with E-state index in [1.165, 1.54) is 18.9 Å². The monoisotopic (exact) mass is 339 g/mol. The zero-order chi connectivity index (χ0) is 18.0. The lowest BCUT2D eigenvalue weighted by Crippen LogP contribution is -2.56. The molecule has 0 saturated carbocycles. The quantitative estimate of drug-likeness (QED) is 0.671. The standard InChI is InChI=1S/C14H17N3O7/c1-8(18)17-7-15(4-3-5-24-2)13(21)10-12(20)11(19)9(14(22)23)6-16(10)17/h6,20H,3-5,7H2,1-2H3,(H,22,23). The van der Waals surface area contributed by atoms with Gasteiger partial charge in [0.2, 0.25) is 11.3 Å². The Labute approximate surface area is 136 Å². The number of methoxy groups -OCH3 is 1. The van der Waals surface area contributed by atoms with Crippen LogP contribution in [-0.2, 0) is 9.53 Å². The zero-order valence-corrected chi connectivity index (χ0v) is 13.2. The molecular weight excluding hydrogens is 322 g/mol. The Morgan fingerprint density at radius 1 is 1.33 bits per heavy atom. The molecule has 1 aliphatic rings. The molecule has 10 heteroatoms. The molecule has 0 spiro atoms. The van der Waals surface area contributed by atoms with E-state index >= 15 is 0 Å². The van der Waals surface area contributed by atoms with E-state index in [1.807, 2.05) is 0 Å². The number of rotatable bonds is 5. The van der Waals surface area contributed by atoms with Gasteiger partial charge in [-0.15, -0.1) is 0 Å². The maximum absolute atomic E-state index is 12.5. The molecule has 0 aromatic carbocycles. The summed E-state index contributed by atoms with van der Waals surface area (Å²) in [6.45, 7) is 1.72. The number of nitrogens with zero attached hydrogens (tertiary/aromatic N) is 3. The number of carbonyl (C=O) groups is 3. The first kappa shape index (κ1) is 17.5. The first-order valence-corrected chi connectivity index (χ1v) is 7.08. The number of pyridine rings is 1. The Kier molecular flexibility index (Phi) is 4.88. The van der Waals surface area contributed by atoms with Crippen molar-refractivity contribution in [2.45, 2.75) is 13.3 Å². The zero-order valence-electron chi connectivity index (χ0n) is 13.2. The number of ether oxygens (including phenoxy) is 1. The lowest BCUT2D eigenvalue weighted by Gasteiger charge is -2.37. The van der Waals surface area contributed by atoms with Gasteiger partial charge in [-0.3, -0.25) is 14.4 Å². The van der Waals surface area contributed by atoms with Gasteiger partial charge in [0.15, 0.2) is 11.4 Å². The van der Waals surface area contributed by atoms with Crippen molar-refractivity contribution in [3.05, 3.63) is 27.7 Å². The fourth-order valence-corrected chi connectivity index (χ4v) is 2.40. The van der Waals surface area contributed by atoms with Gasteiger partial charge < -0.3 is 19.8 Å². The molecule has 0 fully saturated rings. The lowest BCUT2D eigenvalue weighted by molar-refractivity contribution is -0.118. The number of fused-ring (bicyclic) bond motifs is 1. The second-order valence-electron chi connectivity index (χ2n) is 5.19. The SMILES string of the molecule is COCCCN1CN(C(C)=O)n2cc(C(=O)O)c(=O)c(O)c2C1=O. The van der Waals surface area contributed by atoms with E-state index in [-0.39, 0.29) is 13.2 Å². The van der Waals surface area contributed by atoms with Crippen molar-refractivity contribution in [3.63, 3.8) is 0 Å². The minimum atomic E-state index is -1.57. The molecule has 1 aromatic rings. The van der Waals surface area contributed by atoms with Crippen molar-refractivity contribution >= 4 is 17.8 Å². The summed E-state index contributed by atoms with van der Waals surface area (Å²) in [5, 5.41) is 20.1. The number of hydrogen-bond donors (Lipinski definition) is 2. The summed E-state index contributed by atoms with van der Waals surface area (Å²) >= 11 is 0. The molecule has 1 aliphatic heterocycles. The van der Waals surface area contributed by atoms with E-state index in [0.717, 1.165) is 15.9 Å². The molecule has 0 bridgehead atoms. The summed E-state index contributed by atoms with van der Waals surface area (Å²) in [4.78, 5) is 48.7. The largest absolute Gasteiger partial charge is 0.502 e. The molecule has 0 aliphatic carbocycles. The van der Waals surface area contributed by atoms with Crippen molar-refractivity contribution in [2.75, 3.05) is 31.9 Å². The predicted octanol–water partition coefficient (Wildman–Crippen LogP) is -0.814. The van der Waals surface area contributed by atoms with Crippen molar-refractivity contribution in [3.8, 4) is 5.75 Å². The number of amides is 2. The normalized spacial score (nSPS) is 13.8. The lowest BCUT2D eigenvalue weighted by atomic mass is 10.2. The highest BCUT2D eigenvalue weighted by Crippen LogP contribution is 2.21. The maximum atomic E-state index is 12.5. The molecule has 2 N–H and O–H groups in total. The summed E-state index contributed by atoms with van der Waals surface area (Å²) in [6, 6.07) is 0. The number of hydrogen-bond acceptors (Lipinski definition) is 6. The number of aromatic nitrogens is 1. The second-order valence-corrected chi connectivity index (χ2v) is 5.19. The highest BCUT2D eigenvalue weighted by molar-refractivity contribution is 6.00. The van der Waals surface area contributed by atoms with Crippen molar-refractivity contribution in [2.24, 2.45) is 0 Å². The molecule has 24 heavy (non-hydrogen) atoms. The van der Waals surface area contributed by atoms with Crippen LogP contribution in [0.5, 0.6) is 5.75 Å². The molecule has 130 valence electrons. The van der Waals surface area contributed by atoms with Crippen LogP contribution in [-0.4, -0.2) is 64.5 Å². The second kappa shape index (κ2) is 6.71. The average molecular weight is 339 g/mol. The third-order valence-corrected chi connectivity index (χ3v) is 3.59. The summed E-state index contributed by atoms with van der Waals surface area (Å²) < 4.78 is 5.82. The predicted molar refractivity (Wildman–Crippen MR) is 80.6 cm³/mol. The van der Waals surface area contributed by atoms with Crippen molar-refractivity contribution < 1.29 is 29.3 Å². The smallest absolute Gasteiger partial charge is 0.341 e. The van der Waals surface area contributed by atoms with E-state index in [9.17, 15) is 24.3 Å². The van der Waals surface area contributed by atoms with E-state index < -0.39 is 40.2 Å². The van der Waals surface area contributed by atoms with Crippen LogP contribution in [0, 0.1) is 0 Å². The van der Waals surface area contributed by atoms with Crippen LogP contribution >= 0.6 is 0 Å². The van der Waals surface area contributed by atoms with E-state index in [2.05, 4.69) is 0 Å². The average Bonchev–Trinajstić information content (AvgIpc) is 2.51. The number of carboxylic acids is 1. The Morgan fingerprint density at radius 2 is 2.00 bits per heavy atom. The topological polar surface area (TPSA) is 129 Å². The van der Waals surface area contributed by atoms with Crippen LogP contribution in [0.2, 0.25) is 0 Å². The molecule has 0 unspecified atom stereocenters. The molecule has 0 saturated heterocycles. The summed E-state index contributed by atoms with van der Waals surface area (Å²) in [6.07, 6.45) is 1.36. The van der Waals surface area contributed by atoms with Gasteiger partial charge in [0.25, 0.3) is 5.91 Å². The van der Waals surface area contributed by atoms with Crippen LogP contribution < -0.4 is 10.4 Å². The summed E-state index contributed by atoms with van der Waals surface area (Å²) in [7, 11) is 1.51. The van der Waals surface area contributed by atoms with Crippen LogP contribution in [0.25, 0.3) is 0 Å². The highest BCUT2D eigenvalue weighted by Gasteiger charge is 2.35. The molecule has 1 aromatic heterocycles. The molecule has 0 atom stereocenters. The van der Waals surface area contributed by atoms with Crippen molar-refractivity contribution in [1.29, 1.82) is 0 Å². The highest BCUT2D eigenvalue weighted by atomic mass is 16.5. The van der Waals surface area contributed by atoms with Gasteiger partial charge in [-0.25, -0.2) is 14.5 Å². The van der Waals surface area contributed by atoms with Gasteiger partial charge in [0.05, 0.1) is 0 Å². The maximum Gasteiger partial charge on any atom is 0.341 e. The first-order valence-electron chi connectivity index (χ1n) is 7.08. The molecule has 2 amide bonds. The van der Waals surface area contributed by atoms with Crippen LogP contribution in [0.1, 0.15) is 34.2 Å². The Morgan fingerprint density at radius 3 is 2.54 bits per heavy atom. The van der Waals surface area contributed by atoms with Gasteiger partial charge >= 0.3 is 5.97 Å². The molecule has 2 rings (SSSR count). The van der Waals surface area contributed by atoms with Gasteiger partial charge in [0.1, 0.15) is 12.2 Å². The van der Waals surface area contributed by atoms with Crippen LogP contribution in [0.3, 0.4) is 0 Å². The van der Waals surface area contributed by atoms with E-state index in [0.29, 0.717) is 13.0 Å². The summed E-state index contributed by atoms with van der Waals surface area (Å²) in [5.74, 6) is -3.72. The minimum absolute atomic E-state index is 0.133. The molecular formula is C14H17N3O7. The first-order chi connectivity index (χ1) is 11.3. The Balaban J connectivity index is 2.56. The molecule has 0 radical (unpaired) electrons. The third kappa shape index (κ3) is 2.95. The Hall–Kier alpha value is -2.88. The van der Waals surface area contributed by atoms with Gasteiger partial charge in [-0.05, 0) is 6.42 Å². The van der Waals surface area contributed by atoms with E-state index in [4.69, 9.17) is 9.84 Å². The minimum Gasteiger partial charge on any atom is -0.502 e. The van der Waals surface area contributed by atoms with Gasteiger partial charge in [0, 0.05) is 33.4 Å². The van der Waals surface area contributed by atoms with Crippen LogP contribution in [0.15, 0.2) is 11.0 Å². The number of aromatic carboxylic acids is 1.